The monoisotopic (exact) mass is 281 g/mol. The highest BCUT2D eigenvalue weighted by Gasteiger charge is 2.18. The molecule has 1 aliphatic carbocycles. The molecule has 1 unspecified atom stereocenters. The van der Waals surface area contributed by atoms with Gasteiger partial charge in [-0.05, 0) is 61.2 Å². The molecule has 0 saturated heterocycles. The Morgan fingerprint density at radius 1 is 1.05 bits per heavy atom. The van der Waals surface area contributed by atoms with E-state index < -0.39 is 0 Å². The van der Waals surface area contributed by atoms with E-state index in [0.29, 0.717) is 6.04 Å². The largest absolute Gasteiger partial charge is 0.457 e. The molecule has 0 aromatic heterocycles. The van der Waals surface area contributed by atoms with Gasteiger partial charge in [-0.3, -0.25) is 0 Å². The first kappa shape index (κ1) is 14.2. The van der Waals surface area contributed by atoms with Crippen molar-refractivity contribution in [3.63, 3.8) is 0 Å². The predicted molar refractivity (Wildman–Crippen MR) is 86.9 cm³/mol. The second kappa shape index (κ2) is 6.77. The van der Waals surface area contributed by atoms with E-state index in [2.05, 4.69) is 30.4 Å². The Bertz CT molecular complexity index is 579. The zero-order valence-electron chi connectivity index (χ0n) is 12.6. The summed E-state index contributed by atoms with van der Waals surface area (Å²) in [4.78, 5) is 0. The Labute approximate surface area is 127 Å². The Kier molecular flexibility index (Phi) is 4.56. The SMILES string of the molecule is CCNC1CCCCc2ccc(Oc3ccccc3)cc21. The van der Waals surface area contributed by atoms with Crippen molar-refractivity contribution in [1.29, 1.82) is 0 Å². The number of aryl methyl sites for hydroxylation is 1. The van der Waals surface area contributed by atoms with Crippen LogP contribution in [0.3, 0.4) is 0 Å². The minimum absolute atomic E-state index is 0.465. The van der Waals surface area contributed by atoms with Crippen molar-refractivity contribution in [3.05, 3.63) is 59.7 Å². The molecule has 2 nitrogen and oxygen atoms in total. The van der Waals surface area contributed by atoms with E-state index in [0.717, 1.165) is 18.0 Å². The van der Waals surface area contributed by atoms with Gasteiger partial charge >= 0.3 is 0 Å². The van der Waals surface area contributed by atoms with Gasteiger partial charge in [0.15, 0.2) is 0 Å². The summed E-state index contributed by atoms with van der Waals surface area (Å²) in [6.45, 7) is 3.18. The molecule has 3 rings (SSSR count). The van der Waals surface area contributed by atoms with Crippen LogP contribution in [-0.4, -0.2) is 6.54 Å². The number of fused-ring (bicyclic) bond motifs is 1. The highest BCUT2D eigenvalue weighted by atomic mass is 16.5. The number of hydrogen-bond donors (Lipinski definition) is 1. The normalized spacial score (nSPS) is 17.9. The molecule has 21 heavy (non-hydrogen) atoms. The molecule has 0 spiro atoms. The highest BCUT2D eigenvalue weighted by Crippen LogP contribution is 2.32. The molecule has 0 bridgehead atoms. The first-order valence-corrected chi connectivity index (χ1v) is 7.96. The average molecular weight is 281 g/mol. The second-order valence-electron chi connectivity index (χ2n) is 5.63. The van der Waals surface area contributed by atoms with Crippen LogP contribution in [0.4, 0.5) is 0 Å². The van der Waals surface area contributed by atoms with E-state index in [1.165, 1.54) is 36.8 Å². The van der Waals surface area contributed by atoms with Gasteiger partial charge in [0.2, 0.25) is 0 Å². The van der Waals surface area contributed by atoms with E-state index >= 15 is 0 Å². The maximum atomic E-state index is 5.98. The topological polar surface area (TPSA) is 21.3 Å². The Morgan fingerprint density at radius 2 is 1.90 bits per heavy atom. The van der Waals surface area contributed by atoms with E-state index in [1.807, 2.05) is 30.3 Å². The maximum Gasteiger partial charge on any atom is 0.127 e. The smallest absolute Gasteiger partial charge is 0.127 e. The molecular formula is C19H23NO. The number of ether oxygens (including phenoxy) is 1. The van der Waals surface area contributed by atoms with Crippen molar-refractivity contribution in [2.45, 2.75) is 38.6 Å². The van der Waals surface area contributed by atoms with Crippen LogP contribution >= 0.6 is 0 Å². The van der Waals surface area contributed by atoms with Gasteiger partial charge in [0, 0.05) is 6.04 Å². The molecule has 2 aromatic rings. The predicted octanol–water partition coefficient (Wildman–Crippen LogP) is 4.86. The summed E-state index contributed by atoms with van der Waals surface area (Å²) in [5, 5.41) is 3.62. The molecular weight excluding hydrogens is 258 g/mol. The van der Waals surface area contributed by atoms with Crippen molar-refractivity contribution >= 4 is 0 Å². The third-order valence-corrected chi connectivity index (χ3v) is 4.11. The molecule has 1 atom stereocenters. The van der Waals surface area contributed by atoms with Gasteiger partial charge in [0.25, 0.3) is 0 Å². The van der Waals surface area contributed by atoms with Gasteiger partial charge in [-0.1, -0.05) is 37.6 Å². The lowest BCUT2D eigenvalue weighted by atomic mass is 9.98. The van der Waals surface area contributed by atoms with Gasteiger partial charge in [0.1, 0.15) is 11.5 Å². The molecule has 2 heteroatoms. The van der Waals surface area contributed by atoms with Crippen LogP contribution in [0.25, 0.3) is 0 Å². The summed E-state index contributed by atoms with van der Waals surface area (Å²) < 4.78 is 5.98. The Balaban J connectivity index is 1.87. The minimum atomic E-state index is 0.465. The molecule has 1 N–H and O–H groups in total. The lowest BCUT2D eigenvalue weighted by molar-refractivity contribution is 0.474. The summed E-state index contributed by atoms with van der Waals surface area (Å²) in [5.41, 5.74) is 2.89. The summed E-state index contributed by atoms with van der Waals surface area (Å²) in [5.74, 6) is 1.83. The lowest BCUT2D eigenvalue weighted by Crippen LogP contribution is -2.21. The van der Waals surface area contributed by atoms with Crippen LogP contribution in [-0.2, 0) is 6.42 Å². The molecule has 0 heterocycles. The van der Waals surface area contributed by atoms with Gasteiger partial charge in [-0.15, -0.1) is 0 Å². The minimum Gasteiger partial charge on any atom is -0.457 e. The molecule has 0 saturated carbocycles. The lowest BCUT2D eigenvalue weighted by Gasteiger charge is -2.19. The van der Waals surface area contributed by atoms with E-state index in [1.54, 1.807) is 0 Å². The Hall–Kier alpha value is -1.80. The van der Waals surface area contributed by atoms with Crippen molar-refractivity contribution in [1.82, 2.24) is 5.32 Å². The molecule has 1 aliphatic rings. The highest BCUT2D eigenvalue weighted by molar-refractivity contribution is 5.40. The van der Waals surface area contributed by atoms with Crippen molar-refractivity contribution in [3.8, 4) is 11.5 Å². The van der Waals surface area contributed by atoms with Gasteiger partial charge in [-0.25, -0.2) is 0 Å². The van der Waals surface area contributed by atoms with Gasteiger partial charge in [-0.2, -0.15) is 0 Å². The molecule has 0 radical (unpaired) electrons. The Morgan fingerprint density at radius 3 is 2.71 bits per heavy atom. The van der Waals surface area contributed by atoms with Crippen LogP contribution in [0.15, 0.2) is 48.5 Å². The fourth-order valence-corrected chi connectivity index (χ4v) is 3.09. The molecule has 110 valence electrons. The molecule has 0 aliphatic heterocycles. The molecule has 0 amide bonds. The number of nitrogens with one attached hydrogen (secondary N) is 1. The summed E-state index contributed by atoms with van der Waals surface area (Å²) in [6.07, 6.45) is 4.98. The number of rotatable bonds is 4. The van der Waals surface area contributed by atoms with Gasteiger partial charge in [0.05, 0.1) is 0 Å². The van der Waals surface area contributed by atoms with Crippen LogP contribution in [0, 0.1) is 0 Å². The van der Waals surface area contributed by atoms with Crippen molar-refractivity contribution in [2.24, 2.45) is 0 Å². The van der Waals surface area contributed by atoms with Crippen LogP contribution < -0.4 is 10.1 Å². The fourth-order valence-electron chi connectivity index (χ4n) is 3.09. The van der Waals surface area contributed by atoms with E-state index in [4.69, 9.17) is 4.74 Å². The average Bonchev–Trinajstić information content (AvgIpc) is 2.71. The first-order chi connectivity index (χ1) is 10.4. The maximum absolute atomic E-state index is 5.98. The zero-order valence-corrected chi connectivity index (χ0v) is 12.6. The quantitative estimate of drug-likeness (QED) is 0.808. The number of para-hydroxylation sites is 1. The van der Waals surface area contributed by atoms with Crippen LogP contribution in [0.5, 0.6) is 11.5 Å². The van der Waals surface area contributed by atoms with Crippen LogP contribution in [0.2, 0.25) is 0 Å². The summed E-state index contributed by atoms with van der Waals surface area (Å²) in [7, 11) is 0. The van der Waals surface area contributed by atoms with E-state index in [-0.39, 0.29) is 0 Å². The molecule has 0 fully saturated rings. The first-order valence-electron chi connectivity index (χ1n) is 7.96. The number of hydrogen-bond acceptors (Lipinski definition) is 2. The fraction of sp³-hybridized carbons (Fsp3) is 0.368. The van der Waals surface area contributed by atoms with Crippen molar-refractivity contribution < 1.29 is 4.74 Å². The van der Waals surface area contributed by atoms with E-state index in [9.17, 15) is 0 Å². The second-order valence-corrected chi connectivity index (χ2v) is 5.63. The standard InChI is InChI=1S/C19H23NO/c1-2-20-19-11-7-6-8-15-12-13-17(14-18(15)19)21-16-9-4-3-5-10-16/h3-5,9-10,12-14,19-20H,2,6-8,11H2,1H3. The zero-order chi connectivity index (χ0) is 14.5. The number of benzene rings is 2. The third kappa shape index (κ3) is 3.45. The molecule has 2 aromatic carbocycles. The van der Waals surface area contributed by atoms with Crippen molar-refractivity contribution in [2.75, 3.05) is 6.54 Å². The van der Waals surface area contributed by atoms with Gasteiger partial charge < -0.3 is 10.1 Å². The van der Waals surface area contributed by atoms with Crippen LogP contribution in [0.1, 0.15) is 43.4 Å². The third-order valence-electron chi connectivity index (χ3n) is 4.11. The summed E-state index contributed by atoms with van der Waals surface area (Å²) >= 11 is 0. The summed E-state index contributed by atoms with van der Waals surface area (Å²) in [6, 6.07) is 17.0.